The molecule has 0 aromatic rings. The summed E-state index contributed by atoms with van der Waals surface area (Å²) >= 11 is 0. The van der Waals surface area contributed by atoms with Crippen molar-refractivity contribution in [3.8, 4) is 0 Å². The highest BCUT2D eigenvalue weighted by Crippen LogP contribution is 2.44. The van der Waals surface area contributed by atoms with Crippen LogP contribution in [0.15, 0.2) is 0 Å². The third-order valence-electron chi connectivity index (χ3n) is 5.67. The van der Waals surface area contributed by atoms with Gasteiger partial charge in [-0.1, -0.05) is 6.42 Å². The molecule has 0 spiro atoms. The van der Waals surface area contributed by atoms with Gasteiger partial charge in [0.05, 0.1) is 0 Å². The zero-order valence-corrected chi connectivity index (χ0v) is 14.4. The first-order valence-corrected chi connectivity index (χ1v) is 9.12. The van der Waals surface area contributed by atoms with Crippen molar-refractivity contribution < 1.29 is 9.53 Å². The van der Waals surface area contributed by atoms with Crippen molar-refractivity contribution >= 4 is 6.09 Å². The van der Waals surface area contributed by atoms with Crippen molar-refractivity contribution in [2.75, 3.05) is 19.6 Å². The smallest absolute Gasteiger partial charge is 0.410 e. The molecule has 3 atom stereocenters. The third kappa shape index (κ3) is 3.95. The summed E-state index contributed by atoms with van der Waals surface area (Å²) in [6.45, 7) is 8.61. The maximum absolute atomic E-state index is 12.1. The van der Waals surface area contributed by atoms with Gasteiger partial charge in [0.1, 0.15) is 5.60 Å². The zero-order chi connectivity index (χ0) is 15.7. The van der Waals surface area contributed by atoms with Crippen LogP contribution in [-0.4, -0.2) is 42.3 Å². The van der Waals surface area contributed by atoms with Crippen molar-refractivity contribution in [3.63, 3.8) is 0 Å². The van der Waals surface area contributed by atoms with E-state index in [1.807, 2.05) is 25.7 Å². The second-order valence-electron chi connectivity index (χ2n) is 8.60. The summed E-state index contributed by atoms with van der Waals surface area (Å²) in [6.07, 6.45) is 7.85. The van der Waals surface area contributed by atoms with Gasteiger partial charge in [0.25, 0.3) is 0 Å². The molecule has 2 saturated carbocycles. The number of carbonyl (C=O) groups excluding carboxylic acids is 1. The summed E-state index contributed by atoms with van der Waals surface area (Å²) in [4.78, 5) is 13.9. The Hall–Kier alpha value is -0.770. The lowest BCUT2D eigenvalue weighted by Gasteiger charge is -2.34. The van der Waals surface area contributed by atoms with Crippen LogP contribution in [0.2, 0.25) is 0 Å². The van der Waals surface area contributed by atoms with Crippen molar-refractivity contribution in [2.45, 2.75) is 70.9 Å². The van der Waals surface area contributed by atoms with Crippen LogP contribution in [0, 0.1) is 17.8 Å². The summed E-state index contributed by atoms with van der Waals surface area (Å²) < 4.78 is 5.46. The molecule has 1 N–H and O–H groups in total. The van der Waals surface area contributed by atoms with E-state index in [0.29, 0.717) is 0 Å². The molecule has 1 saturated heterocycles. The average molecular weight is 308 g/mol. The number of nitrogens with zero attached hydrogens (tertiary/aromatic N) is 1. The van der Waals surface area contributed by atoms with Gasteiger partial charge in [-0.25, -0.2) is 4.79 Å². The van der Waals surface area contributed by atoms with Crippen LogP contribution in [0.4, 0.5) is 4.79 Å². The molecule has 126 valence electrons. The van der Waals surface area contributed by atoms with E-state index in [-0.39, 0.29) is 6.09 Å². The highest BCUT2D eigenvalue weighted by Gasteiger charge is 2.39. The number of hydrogen-bond acceptors (Lipinski definition) is 3. The predicted molar refractivity (Wildman–Crippen MR) is 87.8 cm³/mol. The third-order valence-corrected chi connectivity index (χ3v) is 5.67. The minimum atomic E-state index is -0.392. The quantitative estimate of drug-likeness (QED) is 0.868. The Kier molecular flexibility index (Phi) is 4.67. The Balaban J connectivity index is 1.36. The maximum Gasteiger partial charge on any atom is 0.410 e. The SMILES string of the molecule is CC(C)(C)OC(=O)N1CCC(CNC2CC3CCC2C3)CC1. The Labute approximate surface area is 135 Å². The molecule has 4 heteroatoms. The van der Waals surface area contributed by atoms with E-state index in [1.54, 1.807) is 0 Å². The van der Waals surface area contributed by atoms with E-state index < -0.39 is 5.60 Å². The van der Waals surface area contributed by atoms with Crippen LogP contribution in [0.25, 0.3) is 0 Å². The van der Waals surface area contributed by atoms with Crippen LogP contribution >= 0.6 is 0 Å². The first kappa shape index (κ1) is 16.1. The Bertz CT molecular complexity index is 396. The molecule has 3 aliphatic rings. The average Bonchev–Trinajstić information content (AvgIpc) is 3.06. The van der Waals surface area contributed by atoms with Crippen LogP contribution < -0.4 is 5.32 Å². The molecule has 3 rings (SSSR count). The molecule has 2 aliphatic carbocycles. The van der Waals surface area contributed by atoms with E-state index in [1.165, 1.54) is 25.7 Å². The van der Waals surface area contributed by atoms with Crippen molar-refractivity contribution in [1.82, 2.24) is 10.2 Å². The second-order valence-corrected chi connectivity index (χ2v) is 8.60. The van der Waals surface area contributed by atoms with Gasteiger partial charge in [0, 0.05) is 19.1 Å². The van der Waals surface area contributed by atoms with Crippen LogP contribution in [0.3, 0.4) is 0 Å². The molecule has 1 aliphatic heterocycles. The summed E-state index contributed by atoms with van der Waals surface area (Å²) in [6, 6.07) is 0.780. The second kappa shape index (κ2) is 6.38. The fourth-order valence-corrected chi connectivity index (χ4v) is 4.46. The molecule has 4 nitrogen and oxygen atoms in total. The number of amides is 1. The number of rotatable bonds is 3. The minimum Gasteiger partial charge on any atom is -0.444 e. The number of likely N-dealkylation sites (tertiary alicyclic amines) is 1. The van der Waals surface area contributed by atoms with Crippen molar-refractivity contribution in [1.29, 1.82) is 0 Å². The lowest BCUT2D eigenvalue weighted by molar-refractivity contribution is 0.0182. The number of fused-ring (bicyclic) bond motifs is 2. The lowest BCUT2D eigenvalue weighted by atomic mass is 9.93. The number of nitrogens with one attached hydrogen (secondary N) is 1. The summed E-state index contributed by atoms with van der Waals surface area (Å²) in [5.74, 6) is 2.68. The fourth-order valence-electron chi connectivity index (χ4n) is 4.46. The number of ether oxygens (including phenoxy) is 1. The van der Waals surface area contributed by atoms with Crippen LogP contribution in [0.1, 0.15) is 59.3 Å². The molecular weight excluding hydrogens is 276 g/mol. The Morgan fingerprint density at radius 1 is 1.14 bits per heavy atom. The van der Waals surface area contributed by atoms with Gasteiger partial charge in [0.15, 0.2) is 0 Å². The van der Waals surface area contributed by atoms with Crippen molar-refractivity contribution in [2.24, 2.45) is 17.8 Å². The maximum atomic E-state index is 12.1. The molecule has 22 heavy (non-hydrogen) atoms. The van der Waals surface area contributed by atoms with E-state index in [9.17, 15) is 4.79 Å². The van der Waals surface area contributed by atoms with Crippen molar-refractivity contribution in [3.05, 3.63) is 0 Å². The molecule has 0 aromatic carbocycles. The predicted octanol–water partition coefficient (Wildman–Crippen LogP) is 3.41. The van der Waals surface area contributed by atoms with E-state index >= 15 is 0 Å². The van der Waals surface area contributed by atoms with Gasteiger partial charge in [0.2, 0.25) is 0 Å². The highest BCUT2D eigenvalue weighted by atomic mass is 16.6. The number of piperidine rings is 1. The zero-order valence-electron chi connectivity index (χ0n) is 14.4. The molecule has 2 bridgehead atoms. The molecule has 0 aromatic heterocycles. The Morgan fingerprint density at radius 2 is 1.86 bits per heavy atom. The molecule has 3 fully saturated rings. The van der Waals surface area contributed by atoms with Crippen LogP contribution in [0.5, 0.6) is 0 Å². The molecule has 3 unspecified atom stereocenters. The first-order valence-electron chi connectivity index (χ1n) is 9.12. The van der Waals surface area contributed by atoms with E-state index in [4.69, 9.17) is 4.74 Å². The van der Waals surface area contributed by atoms with E-state index in [0.717, 1.165) is 56.3 Å². The molecular formula is C18H32N2O2. The topological polar surface area (TPSA) is 41.6 Å². The Morgan fingerprint density at radius 3 is 2.41 bits per heavy atom. The monoisotopic (exact) mass is 308 g/mol. The number of hydrogen-bond donors (Lipinski definition) is 1. The normalized spacial score (nSPS) is 32.5. The van der Waals surface area contributed by atoms with Gasteiger partial charge in [-0.3, -0.25) is 0 Å². The van der Waals surface area contributed by atoms with Gasteiger partial charge in [-0.2, -0.15) is 0 Å². The van der Waals surface area contributed by atoms with E-state index in [2.05, 4.69) is 5.32 Å². The van der Waals surface area contributed by atoms with Gasteiger partial charge in [-0.05, 0) is 77.2 Å². The molecule has 1 amide bonds. The number of carbonyl (C=O) groups is 1. The highest BCUT2D eigenvalue weighted by molar-refractivity contribution is 5.68. The summed E-state index contributed by atoms with van der Waals surface area (Å²) in [5.41, 5.74) is -0.392. The minimum absolute atomic E-state index is 0.146. The largest absolute Gasteiger partial charge is 0.444 e. The fraction of sp³-hybridized carbons (Fsp3) is 0.944. The summed E-state index contributed by atoms with van der Waals surface area (Å²) in [7, 11) is 0. The van der Waals surface area contributed by atoms with Gasteiger partial charge < -0.3 is 15.0 Å². The molecule has 0 radical (unpaired) electrons. The van der Waals surface area contributed by atoms with Gasteiger partial charge in [-0.15, -0.1) is 0 Å². The molecule has 1 heterocycles. The van der Waals surface area contributed by atoms with Crippen LogP contribution in [-0.2, 0) is 4.74 Å². The first-order chi connectivity index (χ1) is 10.4. The lowest BCUT2D eigenvalue weighted by Crippen LogP contribution is -2.44. The standard InChI is InChI=1S/C18H32N2O2/c1-18(2,3)22-17(21)20-8-6-13(7-9-20)12-19-16-11-14-4-5-15(16)10-14/h13-16,19H,4-12H2,1-3H3. The summed E-state index contributed by atoms with van der Waals surface area (Å²) in [5, 5.41) is 3.83. The van der Waals surface area contributed by atoms with Gasteiger partial charge >= 0.3 is 6.09 Å².